The van der Waals surface area contributed by atoms with E-state index < -0.39 is 10.0 Å². The predicted molar refractivity (Wildman–Crippen MR) is 122 cm³/mol. The van der Waals surface area contributed by atoms with Gasteiger partial charge < -0.3 is 4.90 Å². The fraction of sp³-hybridized carbons (Fsp3) is 0.409. The van der Waals surface area contributed by atoms with Gasteiger partial charge in [-0.05, 0) is 42.7 Å². The molecule has 2 aliphatic heterocycles. The van der Waals surface area contributed by atoms with E-state index in [2.05, 4.69) is 4.90 Å². The van der Waals surface area contributed by atoms with E-state index in [4.69, 9.17) is 23.2 Å². The minimum Gasteiger partial charge on any atom is -0.339 e. The number of carbonyl (C=O) groups excluding carboxylic acids is 1. The molecule has 2 aromatic rings. The van der Waals surface area contributed by atoms with Crippen LogP contribution in [0.5, 0.6) is 0 Å². The standard InChI is InChI=1S/C22H25Cl2N3O3S/c23-19-4-3-5-20(21(19)24)31(29,30)27-14-12-25(13-15-27)16-17-6-8-18(9-7-17)22(28)26-10-1-2-11-26/h3-9H,1-2,10-16H2. The maximum absolute atomic E-state index is 13.0. The summed E-state index contributed by atoms with van der Waals surface area (Å²) in [6.07, 6.45) is 2.16. The summed E-state index contributed by atoms with van der Waals surface area (Å²) < 4.78 is 27.4. The van der Waals surface area contributed by atoms with Crippen molar-refractivity contribution < 1.29 is 13.2 Å². The molecular weight excluding hydrogens is 457 g/mol. The number of halogens is 2. The number of likely N-dealkylation sites (tertiary alicyclic amines) is 1. The van der Waals surface area contributed by atoms with Gasteiger partial charge in [-0.1, -0.05) is 41.4 Å². The van der Waals surface area contributed by atoms with Gasteiger partial charge >= 0.3 is 0 Å². The molecule has 0 atom stereocenters. The second kappa shape index (κ2) is 9.46. The van der Waals surface area contributed by atoms with Crippen LogP contribution in [0.15, 0.2) is 47.4 Å². The van der Waals surface area contributed by atoms with Gasteiger partial charge in [-0.3, -0.25) is 9.69 Å². The number of nitrogens with zero attached hydrogens (tertiary/aromatic N) is 3. The zero-order valence-electron chi connectivity index (χ0n) is 17.1. The van der Waals surface area contributed by atoms with Gasteiger partial charge in [0.15, 0.2) is 0 Å². The third-order valence-corrected chi connectivity index (χ3v) is 8.74. The lowest BCUT2D eigenvalue weighted by Crippen LogP contribution is -2.48. The molecule has 1 amide bonds. The quantitative estimate of drug-likeness (QED) is 0.652. The monoisotopic (exact) mass is 481 g/mol. The summed E-state index contributed by atoms with van der Waals surface area (Å²) in [6.45, 7) is 4.40. The number of amides is 1. The minimum atomic E-state index is -3.69. The molecule has 166 valence electrons. The summed E-state index contributed by atoms with van der Waals surface area (Å²) in [7, 11) is -3.69. The van der Waals surface area contributed by atoms with Crippen molar-refractivity contribution in [3.8, 4) is 0 Å². The molecule has 2 aromatic carbocycles. The van der Waals surface area contributed by atoms with Crippen LogP contribution in [-0.2, 0) is 16.6 Å². The average molecular weight is 482 g/mol. The Kier molecular flexibility index (Phi) is 6.89. The number of sulfonamides is 1. The summed E-state index contributed by atoms with van der Waals surface area (Å²) in [4.78, 5) is 16.6. The Bertz CT molecular complexity index is 1050. The molecular formula is C22H25Cl2N3O3S. The predicted octanol–water partition coefficient (Wildman–Crippen LogP) is 3.74. The molecule has 0 radical (unpaired) electrons. The third kappa shape index (κ3) is 4.91. The van der Waals surface area contributed by atoms with E-state index in [1.807, 2.05) is 29.2 Å². The molecule has 2 heterocycles. The number of carbonyl (C=O) groups is 1. The molecule has 0 N–H and O–H groups in total. The molecule has 2 fully saturated rings. The third-order valence-electron chi connectivity index (χ3n) is 5.87. The molecule has 0 unspecified atom stereocenters. The summed E-state index contributed by atoms with van der Waals surface area (Å²) in [5.41, 5.74) is 1.83. The van der Waals surface area contributed by atoms with Crippen molar-refractivity contribution in [2.24, 2.45) is 0 Å². The van der Waals surface area contributed by atoms with Gasteiger partial charge in [-0.2, -0.15) is 4.31 Å². The van der Waals surface area contributed by atoms with E-state index in [9.17, 15) is 13.2 Å². The Morgan fingerprint density at radius 2 is 1.52 bits per heavy atom. The molecule has 9 heteroatoms. The van der Waals surface area contributed by atoms with E-state index in [-0.39, 0.29) is 20.8 Å². The summed E-state index contributed by atoms with van der Waals surface area (Å²) in [5.74, 6) is 0.0996. The first-order valence-electron chi connectivity index (χ1n) is 10.4. The topological polar surface area (TPSA) is 60.9 Å². The Morgan fingerprint density at radius 3 is 2.16 bits per heavy atom. The van der Waals surface area contributed by atoms with Gasteiger partial charge in [0.1, 0.15) is 4.90 Å². The van der Waals surface area contributed by atoms with Crippen LogP contribution in [0.4, 0.5) is 0 Å². The number of benzene rings is 2. The van der Waals surface area contributed by atoms with Crippen LogP contribution in [0, 0.1) is 0 Å². The highest BCUT2D eigenvalue weighted by molar-refractivity contribution is 7.89. The fourth-order valence-corrected chi connectivity index (χ4v) is 6.22. The van der Waals surface area contributed by atoms with E-state index in [1.54, 1.807) is 12.1 Å². The van der Waals surface area contributed by atoms with Gasteiger partial charge in [0.25, 0.3) is 5.91 Å². The van der Waals surface area contributed by atoms with Crippen LogP contribution in [0.2, 0.25) is 10.0 Å². The molecule has 2 saturated heterocycles. The van der Waals surface area contributed by atoms with Crippen molar-refractivity contribution in [2.75, 3.05) is 39.3 Å². The normalized spacial score (nSPS) is 18.5. The maximum Gasteiger partial charge on any atom is 0.253 e. The van der Waals surface area contributed by atoms with Crippen molar-refractivity contribution in [3.05, 3.63) is 63.6 Å². The lowest BCUT2D eigenvalue weighted by Gasteiger charge is -2.34. The van der Waals surface area contributed by atoms with Gasteiger partial charge in [0.05, 0.1) is 10.0 Å². The number of piperazine rings is 1. The van der Waals surface area contributed by atoms with Crippen LogP contribution in [0.1, 0.15) is 28.8 Å². The Hall–Kier alpha value is -1.64. The zero-order valence-corrected chi connectivity index (χ0v) is 19.5. The molecule has 4 rings (SSSR count). The Balaban J connectivity index is 1.35. The zero-order chi connectivity index (χ0) is 22.0. The van der Waals surface area contributed by atoms with Gasteiger partial charge in [-0.15, -0.1) is 0 Å². The SMILES string of the molecule is O=C(c1ccc(CN2CCN(S(=O)(=O)c3cccc(Cl)c3Cl)CC2)cc1)N1CCCC1. The van der Waals surface area contributed by atoms with Gasteiger partial charge in [0, 0.05) is 51.4 Å². The van der Waals surface area contributed by atoms with E-state index >= 15 is 0 Å². The van der Waals surface area contributed by atoms with Crippen LogP contribution >= 0.6 is 23.2 Å². The van der Waals surface area contributed by atoms with Gasteiger partial charge in [0.2, 0.25) is 10.0 Å². The first-order valence-corrected chi connectivity index (χ1v) is 12.6. The number of hydrogen-bond donors (Lipinski definition) is 0. The molecule has 0 saturated carbocycles. The summed E-state index contributed by atoms with van der Waals surface area (Å²) >= 11 is 12.1. The largest absolute Gasteiger partial charge is 0.339 e. The molecule has 2 aliphatic rings. The van der Waals surface area contributed by atoms with E-state index in [0.717, 1.165) is 37.1 Å². The molecule has 6 nitrogen and oxygen atoms in total. The number of rotatable bonds is 5. The van der Waals surface area contributed by atoms with Crippen molar-refractivity contribution in [2.45, 2.75) is 24.3 Å². The maximum atomic E-state index is 13.0. The minimum absolute atomic E-state index is 0.0494. The van der Waals surface area contributed by atoms with Gasteiger partial charge in [-0.25, -0.2) is 8.42 Å². The van der Waals surface area contributed by atoms with Crippen LogP contribution in [0.25, 0.3) is 0 Å². The van der Waals surface area contributed by atoms with Crippen molar-refractivity contribution in [1.29, 1.82) is 0 Å². The number of hydrogen-bond acceptors (Lipinski definition) is 4. The first kappa shape index (κ1) is 22.6. The van der Waals surface area contributed by atoms with Crippen molar-refractivity contribution in [1.82, 2.24) is 14.1 Å². The van der Waals surface area contributed by atoms with Crippen LogP contribution in [-0.4, -0.2) is 67.7 Å². The van der Waals surface area contributed by atoms with Crippen molar-refractivity contribution in [3.63, 3.8) is 0 Å². The molecule has 0 aromatic heterocycles. The highest BCUT2D eigenvalue weighted by Crippen LogP contribution is 2.31. The highest BCUT2D eigenvalue weighted by atomic mass is 35.5. The first-order chi connectivity index (χ1) is 14.9. The lowest BCUT2D eigenvalue weighted by atomic mass is 10.1. The van der Waals surface area contributed by atoms with Crippen LogP contribution < -0.4 is 0 Å². The second-order valence-electron chi connectivity index (χ2n) is 7.93. The van der Waals surface area contributed by atoms with E-state index in [0.29, 0.717) is 32.7 Å². The second-order valence-corrected chi connectivity index (χ2v) is 10.6. The highest BCUT2D eigenvalue weighted by Gasteiger charge is 2.30. The Labute approximate surface area is 193 Å². The van der Waals surface area contributed by atoms with E-state index in [1.165, 1.54) is 10.4 Å². The molecule has 31 heavy (non-hydrogen) atoms. The molecule has 0 aliphatic carbocycles. The Morgan fingerprint density at radius 1 is 0.871 bits per heavy atom. The molecule has 0 spiro atoms. The molecule has 0 bridgehead atoms. The van der Waals surface area contributed by atoms with Crippen LogP contribution in [0.3, 0.4) is 0 Å². The summed E-state index contributed by atoms with van der Waals surface area (Å²) in [5, 5.41) is 0.295. The fourth-order valence-electron chi connectivity index (χ4n) is 4.06. The van der Waals surface area contributed by atoms with Crippen molar-refractivity contribution >= 4 is 39.1 Å². The average Bonchev–Trinajstić information content (AvgIpc) is 3.31. The smallest absolute Gasteiger partial charge is 0.253 e. The lowest BCUT2D eigenvalue weighted by molar-refractivity contribution is 0.0793. The summed E-state index contributed by atoms with van der Waals surface area (Å²) in [6, 6.07) is 12.4.